The third-order valence-electron chi connectivity index (χ3n) is 4.35. The van der Waals surface area contributed by atoms with Crippen molar-refractivity contribution in [1.29, 1.82) is 0 Å². The average Bonchev–Trinajstić information content (AvgIpc) is 2.71. The molecule has 0 bridgehead atoms. The Balaban J connectivity index is 2.18. The molecule has 1 N–H and O–H groups in total. The molecule has 0 spiro atoms. The van der Waals surface area contributed by atoms with Gasteiger partial charge < -0.3 is 9.47 Å². The molecule has 2 rings (SSSR count). The number of benzene rings is 2. The van der Waals surface area contributed by atoms with E-state index in [4.69, 9.17) is 4.74 Å². The van der Waals surface area contributed by atoms with Crippen LogP contribution in [0.25, 0.3) is 0 Å². The first-order valence-electron chi connectivity index (χ1n) is 9.17. The van der Waals surface area contributed by atoms with E-state index < -0.39 is 27.9 Å². The van der Waals surface area contributed by atoms with Gasteiger partial charge in [0.2, 0.25) is 10.0 Å². The van der Waals surface area contributed by atoms with Crippen LogP contribution in [0.3, 0.4) is 0 Å². The molecule has 1 atom stereocenters. The fourth-order valence-corrected chi connectivity index (χ4v) is 4.19. The van der Waals surface area contributed by atoms with E-state index in [9.17, 15) is 18.0 Å². The summed E-state index contributed by atoms with van der Waals surface area (Å²) in [5.41, 5.74) is 1.57. The fourth-order valence-electron chi connectivity index (χ4n) is 2.88. The van der Waals surface area contributed by atoms with Crippen LogP contribution >= 0.6 is 0 Å². The topological polar surface area (TPSA) is 98.8 Å². The van der Waals surface area contributed by atoms with E-state index in [1.165, 1.54) is 25.3 Å². The van der Waals surface area contributed by atoms with Gasteiger partial charge in [0.25, 0.3) is 0 Å². The first kappa shape index (κ1) is 22.6. The van der Waals surface area contributed by atoms with E-state index in [0.717, 1.165) is 5.56 Å². The number of rotatable bonds is 9. The molecule has 0 aliphatic carbocycles. The number of carbonyl (C=O) groups excluding carboxylic acids is 2. The number of ether oxygens (including phenoxy) is 2. The van der Waals surface area contributed by atoms with E-state index in [-0.39, 0.29) is 23.6 Å². The lowest BCUT2D eigenvalue weighted by molar-refractivity contribution is -0.147. The Hall–Kier alpha value is -2.71. The van der Waals surface area contributed by atoms with Crippen LogP contribution < -0.4 is 4.72 Å². The Kier molecular flexibility index (Phi) is 7.92. The quantitative estimate of drug-likeness (QED) is 0.627. The van der Waals surface area contributed by atoms with Crippen LogP contribution in [0.1, 0.15) is 28.4 Å². The minimum atomic E-state index is -3.89. The number of sulfonamides is 1. The molecule has 0 saturated carbocycles. The van der Waals surface area contributed by atoms with Gasteiger partial charge in [0.1, 0.15) is 0 Å². The molecule has 1 unspecified atom stereocenters. The van der Waals surface area contributed by atoms with E-state index in [0.29, 0.717) is 12.0 Å². The summed E-state index contributed by atoms with van der Waals surface area (Å²) in [5.74, 6) is -1.67. The normalized spacial score (nSPS) is 12.2. The van der Waals surface area contributed by atoms with Crippen molar-refractivity contribution in [3.05, 3.63) is 65.2 Å². The number of methoxy groups -OCH3 is 1. The highest BCUT2D eigenvalue weighted by atomic mass is 32.2. The zero-order chi connectivity index (χ0) is 21.4. The minimum Gasteiger partial charge on any atom is -0.466 e. The number of esters is 2. The smallest absolute Gasteiger partial charge is 0.337 e. The summed E-state index contributed by atoms with van der Waals surface area (Å²) in [4.78, 5) is 24.0. The number of hydrogen-bond donors (Lipinski definition) is 1. The molecular weight excluding hydrogens is 394 g/mol. The summed E-state index contributed by atoms with van der Waals surface area (Å²) < 4.78 is 37.8. The maximum absolute atomic E-state index is 12.8. The summed E-state index contributed by atoms with van der Waals surface area (Å²) in [6.45, 7) is 3.40. The Morgan fingerprint density at radius 2 is 1.79 bits per heavy atom. The monoisotopic (exact) mass is 419 g/mol. The van der Waals surface area contributed by atoms with E-state index >= 15 is 0 Å². The molecule has 0 amide bonds. The highest BCUT2D eigenvalue weighted by Crippen LogP contribution is 2.18. The molecule has 0 saturated heterocycles. The minimum absolute atomic E-state index is 0.0347. The molecule has 156 valence electrons. The first-order chi connectivity index (χ1) is 13.8. The summed E-state index contributed by atoms with van der Waals surface area (Å²) >= 11 is 0. The molecule has 0 fully saturated rings. The second-order valence-corrected chi connectivity index (χ2v) is 8.20. The standard InChI is InChI=1S/C21H25NO6S/c1-4-28-21(24)18(13-16-8-6-5-7-9-16)14-22-29(25,26)19-11-10-17(12-15(19)2)20(23)27-3/h5-12,18,22H,4,13-14H2,1-3H3. The second-order valence-electron chi connectivity index (χ2n) is 6.46. The number of nitrogens with one attached hydrogen (secondary N) is 1. The van der Waals surface area contributed by atoms with E-state index in [1.54, 1.807) is 13.8 Å². The van der Waals surface area contributed by atoms with Gasteiger partial charge in [0.15, 0.2) is 0 Å². The van der Waals surface area contributed by atoms with Gasteiger partial charge in [-0.3, -0.25) is 4.79 Å². The van der Waals surface area contributed by atoms with Crippen molar-refractivity contribution in [3.8, 4) is 0 Å². The molecule has 8 heteroatoms. The second kappa shape index (κ2) is 10.2. The molecule has 0 aliphatic rings. The molecule has 7 nitrogen and oxygen atoms in total. The van der Waals surface area contributed by atoms with Gasteiger partial charge in [-0.2, -0.15) is 0 Å². The van der Waals surface area contributed by atoms with Gasteiger partial charge in [0.05, 0.1) is 30.1 Å². The van der Waals surface area contributed by atoms with Crippen molar-refractivity contribution in [2.45, 2.75) is 25.2 Å². The summed E-state index contributed by atoms with van der Waals surface area (Å²) in [7, 11) is -2.63. The lowest BCUT2D eigenvalue weighted by Crippen LogP contribution is -2.35. The zero-order valence-electron chi connectivity index (χ0n) is 16.7. The molecule has 29 heavy (non-hydrogen) atoms. The SMILES string of the molecule is CCOC(=O)C(CNS(=O)(=O)c1ccc(C(=O)OC)cc1C)Cc1ccccc1. The van der Waals surface area contributed by atoms with Crippen molar-refractivity contribution in [2.75, 3.05) is 20.3 Å². The van der Waals surface area contributed by atoms with Crippen LogP contribution in [-0.2, 0) is 30.7 Å². The van der Waals surface area contributed by atoms with Gasteiger partial charge in [0, 0.05) is 6.54 Å². The first-order valence-corrected chi connectivity index (χ1v) is 10.7. The van der Waals surface area contributed by atoms with Crippen molar-refractivity contribution in [2.24, 2.45) is 5.92 Å². The number of hydrogen-bond acceptors (Lipinski definition) is 6. The zero-order valence-corrected chi connectivity index (χ0v) is 17.5. The van der Waals surface area contributed by atoms with Crippen LogP contribution in [0.15, 0.2) is 53.4 Å². The van der Waals surface area contributed by atoms with Gasteiger partial charge in [-0.15, -0.1) is 0 Å². The lowest BCUT2D eigenvalue weighted by atomic mass is 10.00. The van der Waals surface area contributed by atoms with Crippen LogP contribution in [0.2, 0.25) is 0 Å². The molecule has 2 aromatic rings. The third-order valence-corrected chi connectivity index (χ3v) is 5.93. The van der Waals surface area contributed by atoms with Crippen molar-refractivity contribution in [3.63, 3.8) is 0 Å². The number of carbonyl (C=O) groups is 2. The van der Waals surface area contributed by atoms with E-state index in [2.05, 4.69) is 9.46 Å². The van der Waals surface area contributed by atoms with Gasteiger partial charge in [-0.05, 0) is 49.6 Å². The van der Waals surface area contributed by atoms with Crippen molar-refractivity contribution < 1.29 is 27.5 Å². The predicted molar refractivity (Wildman–Crippen MR) is 108 cm³/mol. The number of aryl methyl sites for hydroxylation is 1. The largest absolute Gasteiger partial charge is 0.466 e. The summed E-state index contributed by atoms with van der Waals surface area (Å²) in [5, 5.41) is 0. The van der Waals surface area contributed by atoms with Crippen molar-refractivity contribution >= 4 is 22.0 Å². The highest BCUT2D eigenvalue weighted by Gasteiger charge is 2.25. The maximum atomic E-state index is 12.8. The summed E-state index contributed by atoms with van der Waals surface area (Å²) in [6, 6.07) is 13.5. The van der Waals surface area contributed by atoms with Crippen LogP contribution in [-0.4, -0.2) is 40.6 Å². The predicted octanol–water partition coefficient (Wildman–Crippen LogP) is 2.48. The van der Waals surface area contributed by atoms with Crippen LogP contribution in [0, 0.1) is 12.8 Å². The van der Waals surface area contributed by atoms with Crippen LogP contribution in [0.5, 0.6) is 0 Å². The van der Waals surface area contributed by atoms with Gasteiger partial charge in [-0.1, -0.05) is 30.3 Å². The highest BCUT2D eigenvalue weighted by molar-refractivity contribution is 7.89. The molecule has 0 radical (unpaired) electrons. The van der Waals surface area contributed by atoms with Gasteiger partial charge >= 0.3 is 11.9 Å². The summed E-state index contributed by atoms with van der Waals surface area (Å²) in [6.07, 6.45) is 0.350. The van der Waals surface area contributed by atoms with Crippen LogP contribution in [0.4, 0.5) is 0 Å². The van der Waals surface area contributed by atoms with Crippen molar-refractivity contribution in [1.82, 2.24) is 4.72 Å². The van der Waals surface area contributed by atoms with E-state index in [1.807, 2.05) is 30.3 Å². The molecule has 0 aliphatic heterocycles. The average molecular weight is 419 g/mol. The molecular formula is C21H25NO6S. The Morgan fingerprint density at radius 1 is 1.10 bits per heavy atom. The maximum Gasteiger partial charge on any atom is 0.337 e. The lowest BCUT2D eigenvalue weighted by Gasteiger charge is -2.17. The molecule has 0 aromatic heterocycles. The third kappa shape index (κ3) is 6.13. The Bertz CT molecular complexity index is 956. The molecule has 2 aromatic carbocycles. The fraction of sp³-hybridized carbons (Fsp3) is 0.333. The Labute approximate surface area is 171 Å². The molecule has 0 heterocycles. The Morgan fingerprint density at radius 3 is 2.38 bits per heavy atom. The van der Waals surface area contributed by atoms with Gasteiger partial charge in [-0.25, -0.2) is 17.9 Å².